The standard InChI is InChI=1S/C20H19FN2O4/c1-2-27-20(26)14-5-9-16(10-6-14)23-18(24)11-17(19(23)25)22-12-13-3-7-15(21)8-4-13/h3-10,17,22H,2,11-12H2,1H3/p+1/t17-/m1/s1. The molecule has 0 radical (unpaired) electrons. The molecular weight excluding hydrogens is 351 g/mol. The average Bonchev–Trinajstić information content (AvgIpc) is 2.95. The molecule has 1 aliphatic rings. The lowest BCUT2D eigenvalue weighted by atomic mass is 10.2. The van der Waals surface area contributed by atoms with Gasteiger partial charge in [-0.3, -0.25) is 9.59 Å². The summed E-state index contributed by atoms with van der Waals surface area (Å²) in [4.78, 5) is 37.8. The van der Waals surface area contributed by atoms with Crippen molar-refractivity contribution >= 4 is 23.5 Å². The number of hydrogen-bond donors (Lipinski definition) is 1. The van der Waals surface area contributed by atoms with Crippen LogP contribution in [0.25, 0.3) is 0 Å². The van der Waals surface area contributed by atoms with Crippen molar-refractivity contribution in [1.29, 1.82) is 0 Å². The van der Waals surface area contributed by atoms with Crippen molar-refractivity contribution in [3.05, 3.63) is 65.5 Å². The molecule has 2 amide bonds. The Kier molecular flexibility index (Phi) is 5.61. The Bertz CT molecular complexity index is 849. The van der Waals surface area contributed by atoms with Gasteiger partial charge in [0, 0.05) is 5.56 Å². The fourth-order valence-electron chi connectivity index (χ4n) is 2.97. The van der Waals surface area contributed by atoms with Crippen LogP contribution >= 0.6 is 0 Å². The number of amides is 2. The van der Waals surface area contributed by atoms with Crippen molar-refractivity contribution in [2.24, 2.45) is 0 Å². The summed E-state index contributed by atoms with van der Waals surface area (Å²) in [6.07, 6.45) is 0.0969. The van der Waals surface area contributed by atoms with Crippen LogP contribution in [-0.4, -0.2) is 30.4 Å². The molecule has 0 saturated carbocycles. The number of hydrogen-bond acceptors (Lipinski definition) is 4. The number of ether oxygens (including phenoxy) is 1. The molecular formula is C20H20FN2O4+. The molecule has 1 heterocycles. The topological polar surface area (TPSA) is 80.3 Å². The van der Waals surface area contributed by atoms with Gasteiger partial charge in [0.25, 0.3) is 5.91 Å². The maximum absolute atomic E-state index is 13.0. The molecule has 2 aromatic rings. The minimum Gasteiger partial charge on any atom is -0.462 e. The lowest BCUT2D eigenvalue weighted by molar-refractivity contribution is -0.690. The van der Waals surface area contributed by atoms with Crippen LogP contribution in [0.1, 0.15) is 29.3 Å². The highest BCUT2D eigenvalue weighted by atomic mass is 19.1. The number of rotatable bonds is 6. The zero-order chi connectivity index (χ0) is 19.4. The van der Waals surface area contributed by atoms with E-state index in [9.17, 15) is 18.8 Å². The van der Waals surface area contributed by atoms with Gasteiger partial charge in [0.15, 0.2) is 6.04 Å². The van der Waals surface area contributed by atoms with Crippen LogP contribution in [0.5, 0.6) is 0 Å². The van der Waals surface area contributed by atoms with Gasteiger partial charge in [0.1, 0.15) is 12.4 Å². The van der Waals surface area contributed by atoms with Crippen molar-refractivity contribution in [3.8, 4) is 0 Å². The third-order valence-corrected chi connectivity index (χ3v) is 4.37. The Hall–Kier alpha value is -3.06. The second-order valence-electron chi connectivity index (χ2n) is 6.21. The summed E-state index contributed by atoms with van der Waals surface area (Å²) in [7, 11) is 0. The second-order valence-corrected chi connectivity index (χ2v) is 6.21. The summed E-state index contributed by atoms with van der Waals surface area (Å²) in [5, 5.41) is 1.78. The molecule has 140 valence electrons. The van der Waals surface area contributed by atoms with Gasteiger partial charge in [-0.25, -0.2) is 14.1 Å². The molecule has 0 bridgehead atoms. The number of carbonyl (C=O) groups excluding carboxylic acids is 3. The van der Waals surface area contributed by atoms with Crippen molar-refractivity contribution < 1.29 is 28.8 Å². The molecule has 0 unspecified atom stereocenters. The zero-order valence-corrected chi connectivity index (χ0v) is 14.9. The third-order valence-electron chi connectivity index (χ3n) is 4.37. The Morgan fingerprint density at radius 1 is 1.15 bits per heavy atom. The number of anilines is 1. The van der Waals surface area contributed by atoms with Gasteiger partial charge >= 0.3 is 5.97 Å². The van der Waals surface area contributed by atoms with E-state index in [1.54, 1.807) is 36.5 Å². The highest BCUT2D eigenvalue weighted by Crippen LogP contribution is 2.22. The van der Waals surface area contributed by atoms with Crippen LogP contribution in [0, 0.1) is 5.82 Å². The van der Waals surface area contributed by atoms with Gasteiger partial charge in [-0.05, 0) is 43.3 Å². The number of carbonyl (C=O) groups is 3. The van der Waals surface area contributed by atoms with E-state index in [2.05, 4.69) is 0 Å². The number of imide groups is 1. The predicted octanol–water partition coefficient (Wildman–Crippen LogP) is 1.40. The lowest BCUT2D eigenvalue weighted by Crippen LogP contribution is -2.90. The minimum atomic E-state index is -0.521. The van der Waals surface area contributed by atoms with E-state index in [4.69, 9.17) is 4.74 Å². The number of quaternary nitrogens is 1. The highest BCUT2D eigenvalue weighted by molar-refractivity contribution is 6.21. The molecule has 1 saturated heterocycles. The monoisotopic (exact) mass is 371 g/mol. The van der Waals surface area contributed by atoms with Gasteiger partial charge < -0.3 is 10.1 Å². The Labute approximate surface area is 155 Å². The van der Waals surface area contributed by atoms with Gasteiger partial charge in [0.05, 0.1) is 24.3 Å². The van der Waals surface area contributed by atoms with Gasteiger partial charge in [0.2, 0.25) is 5.91 Å². The molecule has 27 heavy (non-hydrogen) atoms. The number of halogens is 1. The van der Waals surface area contributed by atoms with Crippen molar-refractivity contribution in [3.63, 3.8) is 0 Å². The van der Waals surface area contributed by atoms with Crippen LogP contribution in [0.4, 0.5) is 10.1 Å². The molecule has 6 nitrogen and oxygen atoms in total. The minimum absolute atomic E-state index is 0.0969. The van der Waals surface area contributed by atoms with Crippen LogP contribution < -0.4 is 10.2 Å². The Balaban J connectivity index is 1.66. The normalized spacial score (nSPS) is 16.7. The van der Waals surface area contributed by atoms with Gasteiger partial charge in [-0.1, -0.05) is 12.1 Å². The van der Waals surface area contributed by atoms with E-state index >= 15 is 0 Å². The second kappa shape index (κ2) is 8.09. The lowest BCUT2D eigenvalue weighted by Gasteiger charge is -2.14. The van der Waals surface area contributed by atoms with E-state index in [0.29, 0.717) is 17.8 Å². The van der Waals surface area contributed by atoms with Crippen molar-refractivity contribution in [2.75, 3.05) is 11.5 Å². The van der Waals surface area contributed by atoms with Crippen LogP contribution in [0.2, 0.25) is 0 Å². The molecule has 0 aromatic heterocycles. The molecule has 7 heteroatoms. The molecule has 1 fully saturated rings. The average molecular weight is 371 g/mol. The van der Waals surface area contributed by atoms with Crippen LogP contribution in [-0.2, 0) is 20.9 Å². The SMILES string of the molecule is CCOC(=O)c1ccc(N2C(=O)C[C@@H]([NH2+]Cc3ccc(F)cc3)C2=O)cc1. The maximum Gasteiger partial charge on any atom is 0.338 e. The molecule has 1 aliphatic heterocycles. The summed E-state index contributed by atoms with van der Waals surface area (Å²) in [6, 6.07) is 11.7. The molecule has 2 N–H and O–H groups in total. The quantitative estimate of drug-likeness (QED) is 0.615. The van der Waals surface area contributed by atoms with E-state index in [1.165, 1.54) is 24.3 Å². The molecule has 1 atom stereocenters. The fraction of sp³-hybridized carbons (Fsp3) is 0.250. The van der Waals surface area contributed by atoms with E-state index in [0.717, 1.165) is 10.5 Å². The summed E-state index contributed by atoms with van der Waals surface area (Å²) in [5.74, 6) is -1.35. The number of nitrogens with zero attached hydrogens (tertiary/aromatic N) is 1. The summed E-state index contributed by atoms with van der Waals surface area (Å²) in [5.41, 5.74) is 1.66. The van der Waals surface area contributed by atoms with E-state index in [-0.39, 0.29) is 30.7 Å². The first kappa shape index (κ1) is 18.7. The van der Waals surface area contributed by atoms with Crippen molar-refractivity contribution in [2.45, 2.75) is 25.9 Å². The Morgan fingerprint density at radius 2 is 1.81 bits per heavy atom. The van der Waals surface area contributed by atoms with Gasteiger partial charge in [-0.15, -0.1) is 0 Å². The van der Waals surface area contributed by atoms with E-state index < -0.39 is 12.0 Å². The molecule has 3 rings (SSSR count). The maximum atomic E-state index is 13.0. The highest BCUT2D eigenvalue weighted by Gasteiger charge is 2.42. The third kappa shape index (κ3) is 4.20. The van der Waals surface area contributed by atoms with Crippen LogP contribution in [0.15, 0.2) is 48.5 Å². The first-order valence-electron chi connectivity index (χ1n) is 8.71. The van der Waals surface area contributed by atoms with Gasteiger partial charge in [-0.2, -0.15) is 0 Å². The largest absolute Gasteiger partial charge is 0.462 e. The fourth-order valence-corrected chi connectivity index (χ4v) is 2.97. The van der Waals surface area contributed by atoms with Crippen LogP contribution in [0.3, 0.4) is 0 Å². The van der Waals surface area contributed by atoms with Crippen molar-refractivity contribution in [1.82, 2.24) is 0 Å². The number of nitrogens with two attached hydrogens (primary N) is 1. The summed E-state index contributed by atoms with van der Waals surface area (Å²) >= 11 is 0. The number of esters is 1. The molecule has 0 spiro atoms. The smallest absolute Gasteiger partial charge is 0.338 e. The first-order chi connectivity index (χ1) is 13.0. The summed E-state index contributed by atoms with van der Waals surface area (Å²) in [6.45, 7) is 2.46. The number of benzene rings is 2. The zero-order valence-electron chi connectivity index (χ0n) is 14.9. The van der Waals surface area contributed by atoms with E-state index in [1.807, 2.05) is 0 Å². The Morgan fingerprint density at radius 3 is 2.44 bits per heavy atom. The molecule has 0 aliphatic carbocycles. The molecule has 2 aromatic carbocycles. The first-order valence-corrected chi connectivity index (χ1v) is 8.71. The summed E-state index contributed by atoms with van der Waals surface area (Å²) < 4.78 is 17.9. The predicted molar refractivity (Wildman–Crippen MR) is 95.3 cm³/mol.